The zero-order chi connectivity index (χ0) is 19.0. The zero-order valence-corrected chi connectivity index (χ0v) is 16.7. The van der Waals surface area contributed by atoms with Gasteiger partial charge in [-0.25, -0.2) is 4.79 Å². The first-order chi connectivity index (χ1) is 12.3. The number of fused-ring (bicyclic) bond motifs is 1. The molecule has 0 aliphatic rings. The molecule has 0 bridgehead atoms. The van der Waals surface area contributed by atoms with Crippen molar-refractivity contribution >= 4 is 62.7 Å². The van der Waals surface area contributed by atoms with Gasteiger partial charge in [-0.05, 0) is 58.5 Å². The fourth-order valence-corrected chi connectivity index (χ4v) is 3.34. The lowest BCUT2D eigenvalue weighted by molar-refractivity contribution is -0.137. The normalized spacial score (nSPS) is 11.0. The molecule has 0 spiro atoms. The van der Waals surface area contributed by atoms with Crippen LogP contribution in [-0.4, -0.2) is 20.2 Å². The molecule has 6 nitrogen and oxygen atoms in total. The molecular weight excluding hydrogens is 494 g/mol. The molecule has 0 amide bonds. The van der Waals surface area contributed by atoms with Crippen LogP contribution in [0.5, 0.6) is 0 Å². The highest BCUT2D eigenvalue weighted by Gasteiger charge is 2.16. The first kappa shape index (κ1) is 18.9. The number of hydrogen-bond donors (Lipinski definition) is 1. The Morgan fingerprint density at radius 2 is 1.81 bits per heavy atom. The molecule has 0 aliphatic carbocycles. The molecule has 1 aromatic heterocycles. The minimum Gasteiger partial charge on any atom is -0.480 e. The molecule has 2 aromatic carbocycles. The summed E-state index contributed by atoms with van der Waals surface area (Å²) in [5, 5.41) is 10.2. The van der Waals surface area contributed by atoms with Gasteiger partial charge in [-0.15, -0.1) is 0 Å². The Balaban J connectivity index is 2.26. The number of nitrogens with zero attached hydrogens (tertiary/aromatic N) is 2. The second-order valence-corrected chi connectivity index (χ2v) is 7.57. The van der Waals surface area contributed by atoms with E-state index in [-0.39, 0.29) is 17.4 Å². The van der Waals surface area contributed by atoms with Gasteiger partial charge < -0.3 is 5.11 Å². The molecule has 0 saturated heterocycles. The minimum atomic E-state index is -1.20. The first-order valence-electron chi connectivity index (χ1n) is 7.36. The van der Waals surface area contributed by atoms with Crippen molar-refractivity contribution in [3.05, 3.63) is 76.4 Å². The van der Waals surface area contributed by atoms with Crippen LogP contribution in [-0.2, 0) is 17.9 Å². The first-order valence-corrected chi connectivity index (χ1v) is 9.20. The number of rotatable bonds is 4. The van der Waals surface area contributed by atoms with Crippen LogP contribution in [0.4, 0.5) is 0 Å². The SMILES string of the molecule is O=C(O)Cn1c(=O)n(Cc2ccc(I)c(Cl)c2)c(=O)c2ccc(Cl)cc21. The van der Waals surface area contributed by atoms with Gasteiger partial charge in [-0.1, -0.05) is 29.3 Å². The number of aromatic nitrogens is 2. The third-order valence-corrected chi connectivity index (χ3v) is 5.61. The lowest BCUT2D eigenvalue weighted by Gasteiger charge is -2.13. The molecule has 0 aliphatic heterocycles. The van der Waals surface area contributed by atoms with Crippen LogP contribution in [0.25, 0.3) is 10.9 Å². The predicted octanol–water partition coefficient (Wildman–Crippen LogP) is 3.21. The van der Waals surface area contributed by atoms with Crippen LogP contribution >= 0.6 is 45.8 Å². The van der Waals surface area contributed by atoms with Crippen molar-refractivity contribution in [2.75, 3.05) is 0 Å². The maximum atomic E-state index is 12.8. The molecule has 0 atom stereocenters. The highest BCUT2D eigenvalue weighted by molar-refractivity contribution is 14.1. The lowest BCUT2D eigenvalue weighted by Crippen LogP contribution is -2.41. The van der Waals surface area contributed by atoms with E-state index in [1.165, 1.54) is 18.2 Å². The molecule has 1 heterocycles. The molecule has 3 aromatic rings. The van der Waals surface area contributed by atoms with E-state index in [4.69, 9.17) is 28.3 Å². The van der Waals surface area contributed by atoms with E-state index in [0.717, 1.165) is 12.7 Å². The summed E-state index contributed by atoms with van der Waals surface area (Å²) in [5.41, 5.74) is -0.392. The summed E-state index contributed by atoms with van der Waals surface area (Å²) in [4.78, 5) is 36.8. The molecule has 3 rings (SSSR count). The van der Waals surface area contributed by atoms with Gasteiger partial charge in [-0.2, -0.15) is 0 Å². The Labute approximate surface area is 170 Å². The third kappa shape index (κ3) is 3.65. The van der Waals surface area contributed by atoms with Gasteiger partial charge in [0.05, 0.1) is 22.5 Å². The van der Waals surface area contributed by atoms with Gasteiger partial charge in [0.15, 0.2) is 0 Å². The predicted molar refractivity (Wildman–Crippen MR) is 108 cm³/mol. The quantitative estimate of drug-likeness (QED) is 0.553. The van der Waals surface area contributed by atoms with Crippen molar-refractivity contribution in [1.82, 2.24) is 9.13 Å². The summed E-state index contributed by atoms with van der Waals surface area (Å²) < 4.78 is 2.87. The molecule has 134 valence electrons. The molecule has 1 N–H and O–H groups in total. The fourth-order valence-electron chi connectivity index (χ4n) is 2.64. The van der Waals surface area contributed by atoms with Crippen LogP contribution in [0.2, 0.25) is 10.0 Å². The third-order valence-electron chi connectivity index (χ3n) is 3.81. The minimum absolute atomic E-state index is 0.0213. The van der Waals surface area contributed by atoms with E-state index in [1.54, 1.807) is 18.2 Å². The number of carboxylic acid groups (broad SMARTS) is 1. The smallest absolute Gasteiger partial charge is 0.332 e. The van der Waals surface area contributed by atoms with E-state index in [1.807, 2.05) is 0 Å². The lowest BCUT2D eigenvalue weighted by atomic mass is 10.2. The Hall–Kier alpha value is -1.84. The summed E-state index contributed by atoms with van der Waals surface area (Å²) in [6.45, 7) is -0.601. The summed E-state index contributed by atoms with van der Waals surface area (Å²) in [6, 6.07) is 9.62. The standard InChI is InChI=1S/C17H11Cl2IN2O4/c18-10-2-3-11-14(6-10)21(8-15(23)24)17(26)22(16(11)25)7-9-1-4-13(20)12(19)5-9/h1-6H,7-8H2,(H,23,24). The fraction of sp³-hybridized carbons (Fsp3) is 0.118. The second kappa shape index (κ2) is 7.42. The molecule has 9 heteroatoms. The van der Waals surface area contributed by atoms with Gasteiger partial charge in [0.2, 0.25) is 0 Å². The van der Waals surface area contributed by atoms with E-state index in [0.29, 0.717) is 15.6 Å². The molecule has 0 saturated carbocycles. The van der Waals surface area contributed by atoms with Gasteiger partial charge >= 0.3 is 11.7 Å². The molecule has 0 unspecified atom stereocenters. The highest BCUT2D eigenvalue weighted by atomic mass is 127. The number of hydrogen-bond acceptors (Lipinski definition) is 3. The second-order valence-electron chi connectivity index (χ2n) is 5.56. The summed E-state index contributed by atoms with van der Waals surface area (Å²) >= 11 is 14.1. The molecule has 0 fully saturated rings. The van der Waals surface area contributed by atoms with Crippen LogP contribution in [0.1, 0.15) is 5.56 Å². The zero-order valence-electron chi connectivity index (χ0n) is 13.1. The van der Waals surface area contributed by atoms with E-state index in [2.05, 4.69) is 22.6 Å². The number of halogens is 3. The molecule has 0 radical (unpaired) electrons. The molecule has 26 heavy (non-hydrogen) atoms. The Morgan fingerprint density at radius 1 is 1.08 bits per heavy atom. The van der Waals surface area contributed by atoms with Crippen molar-refractivity contribution in [2.24, 2.45) is 0 Å². The Bertz CT molecular complexity index is 1150. The summed E-state index contributed by atoms with van der Waals surface area (Å²) in [6.07, 6.45) is 0. The maximum absolute atomic E-state index is 12.8. The average molecular weight is 505 g/mol. The van der Waals surface area contributed by atoms with Gasteiger partial charge in [0.25, 0.3) is 5.56 Å². The van der Waals surface area contributed by atoms with Crippen LogP contribution in [0.3, 0.4) is 0 Å². The van der Waals surface area contributed by atoms with Crippen molar-refractivity contribution in [3.8, 4) is 0 Å². The van der Waals surface area contributed by atoms with Gasteiger partial charge in [0, 0.05) is 8.59 Å². The van der Waals surface area contributed by atoms with Crippen molar-refractivity contribution in [3.63, 3.8) is 0 Å². The summed E-state index contributed by atoms with van der Waals surface area (Å²) in [5.74, 6) is -1.20. The maximum Gasteiger partial charge on any atom is 0.332 e. The number of benzene rings is 2. The largest absolute Gasteiger partial charge is 0.480 e. The van der Waals surface area contributed by atoms with Crippen LogP contribution in [0, 0.1) is 3.57 Å². The van der Waals surface area contributed by atoms with Crippen LogP contribution in [0.15, 0.2) is 46.0 Å². The highest BCUT2D eigenvalue weighted by Crippen LogP contribution is 2.20. The van der Waals surface area contributed by atoms with E-state index in [9.17, 15) is 14.4 Å². The van der Waals surface area contributed by atoms with Gasteiger partial charge in [-0.3, -0.25) is 18.7 Å². The number of aliphatic carboxylic acids is 1. The monoisotopic (exact) mass is 504 g/mol. The van der Waals surface area contributed by atoms with Crippen molar-refractivity contribution < 1.29 is 9.90 Å². The topological polar surface area (TPSA) is 81.3 Å². The van der Waals surface area contributed by atoms with E-state index >= 15 is 0 Å². The van der Waals surface area contributed by atoms with Crippen molar-refractivity contribution in [2.45, 2.75) is 13.1 Å². The average Bonchev–Trinajstić information content (AvgIpc) is 2.58. The molecular formula is C17H11Cl2IN2O4. The Kier molecular flexibility index (Phi) is 5.40. The summed E-state index contributed by atoms with van der Waals surface area (Å²) in [7, 11) is 0. The Morgan fingerprint density at radius 3 is 2.46 bits per heavy atom. The number of carboxylic acids is 1. The van der Waals surface area contributed by atoms with Crippen molar-refractivity contribution in [1.29, 1.82) is 0 Å². The van der Waals surface area contributed by atoms with Gasteiger partial charge in [0.1, 0.15) is 6.54 Å². The number of carbonyl (C=O) groups is 1. The van der Waals surface area contributed by atoms with Crippen LogP contribution < -0.4 is 11.2 Å². The van der Waals surface area contributed by atoms with E-state index < -0.39 is 23.8 Å².